The number of carbonyl (C=O) groups is 2. The van der Waals surface area contributed by atoms with Crippen LogP contribution in [0.5, 0.6) is 0 Å². The third-order valence-electron chi connectivity index (χ3n) is 2.23. The summed E-state index contributed by atoms with van der Waals surface area (Å²) in [5.41, 5.74) is 0. The van der Waals surface area contributed by atoms with Gasteiger partial charge in [0.25, 0.3) is 0 Å². The van der Waals surface area contributed by atoms with Crippen molar-refractivity contribution >= 4 is 12.0 Å². The fraction of sp³-hybridized carbons (Fsp3) is 0.778. The lowest BCUT2D eigenvalue weighted by atomic mass is 10.2. The molecule has 1 saturated heterocycles. The molecule has 0 aromatic heterocycles. The summed E-state index contributed by atoms with van der Waals surface area (Å²) < 4.78 is 0. The Morgan fingerprint density at radius 3 is 2.64 bits per heavy atom. The van der Waals surface area contributed by atoms with Crippen molar-refractivity contribution in [2.75, 3.05) is 6.54 Å². The molecule has 1 rings (SSSR count). The lowest BCUT2D eigenvalue weighted by Crippen LogP contribution is -2.47. The standard InChI is InChI=1S/C9H16N2O3/c1-6(2)10-8(12)7-4-3-5-11(7)9(13)14/h6-7H,3-5H2,1-2H3,(H,10,12)(H,13,14)/t7-/m0/s1. The van der Waals surface area contributed by atoms with Crippen LogP contribution in [0.2, 0.25) is 0 Å². The second-order valence-corrected chi connectivity index (χ2v) is 3.80. The minimum absolute atomic E-state index is 0.0544. The molecule has 0 aromatic carbocycles. The second-order valence-electron chi connectivity index (χ2n) is 3.80. The van der Waals surface area contributed by atoms with Crippen molar-refractivity contribution in [3.8, 4) is 0 Å². The Bertz CT molecular complexity index is 240. The van der Waals surface area contributed by atoms with E-state index < -0.39 is 12.1 Å². The smallest absolute Gasteiger partial charge is 0.407 e. The molecule has 5 nitrogen and oxygen atoms in total. The molecule has 14 heavy (non-hydrogen) atoms. The zero-order chi connectivity index (χ0) is 10.7. The highest BCUT2D eigenvalue weighted by atomic mass is 16.4. The third kappa shape index (κ3) is 2.37. The predicted molar refractivity (Wildman–Crippen MR) is 51.0 cm³/mol. The molecule has 1 aliphatic heterocycles. The Morgan fingerprint density at radius 1 is 1.50 bits per heavy atom. The maximum absolute atomic E-state index is 11.6. The van der Waals surface area contributed by atoms with Crippen LogP contribution in [0.3, 0.4) is 0 Å². The largest absolute Gasteiger partial charge is 0.465 e. The fourth-order valence-electron chi connectivity index (χ4n) is 1.65. The maximum Gasteiger partial charge on any atom is 0.407 e. The first kappa shape index (κ1) is 10.8. The van der Waals surface area contributed by atoms with Gasteiger partial charge in [-0.15, -0.1) is 0 Å². The van der Waals surface area contributed by atoms with Gasteiger partial charge in [0.05, 0.1) is 0 Å². The summed E-state index contributed by atoms with van der Waals surface area (Å²) in [6, 6.07) is -0.436. The fourth-order valence-corrected chi connectivity index (χ4v) is 1.65. The number of nitrogens with one attached hydrogen (secondary N) is 1. The molecule has 1 atom stereocenters. The minimum Gasteiger partial charge on any atom is -0.465 e. The van der Waals surface area contributed by atoms with Crippen LogP contribution in [0, 0.1) is 0 Å². The Morgan fingerprint density at radius 2 is 2.14 bits per heavy atom. The summed E-state index contributed by atoms with van der Waals surface area (Å²) in [5, 5.41) is 11.5. The molecule has 0 bridgehead atoms. The van der Waals surface area contributed by atoms with Gasteiger partial charge in [-0.05, 0) is 26.7 Å². The monoisotopic (exact) mass is 200 g/mol. The van der Waals surface area contributed by atoms with Crippen molar-refractivity contribution in [1.29, 1.82) is 0 Å². The van der Waals surface area contributed by atoms with Crippen LogP contribution in [0.4, 0.5) is 4.79 Å². The normalized spacial score (nSPS) is 21.4. The topological polar surface area (TPSA) is 69.6 Å². The Hall–Kier alpha value is -1.26. The molecular weight excluding hydrogens is 184 g/mol. The molecule has 1 fully saturated rings. The summed E-state index contributed by atoms with van der Waals surface area (Å²) in [6.45, 7) is 4.18. The molecule has 0 spiro atoms. The van der Waals surface area contributed by atoms with E-state index in [0.717, 1.165) is 6.42 Å². The molecule has 5 heteroatoms. The van der Waals surface area contributed by atoms with E-state index in [0.29, 0.717) is 13.0 Å². The van der Waals surface area contributed by atoms with E-state index >= 15 is 0 Å². The van der Waals surface area contributed by atoms with Crippen molar-refractivity contribution in [1.82, 2.24) is 10.2 Å². The van der Waals surface area contributed by atoms with E-state index in [1.807, 2.05) is 13.8 Å². The Balaban J connectivity index is 2.58. The van der Waals surface area contributed by atoms with E-state index in [-0.39, 0.29) is 11.9 Å². The molecule has 80 valence electrons. The summed E-state index contributed by atoms with van der Waals surface area (Å²) in [7, 11) is 0. The lowest BCUT2D eigenvalue weighted by Gasteiger charge is -2.21. The molecule has 1 aliphatic rings. The molecule has 0 aliphatic carbocycles. The highest BCUT2D eigenvalue weighted by Crippen LogP contribution is 2.17. The van der Waals surface area contributed by atoms with Crippen LogP contribution in [0.25, 0.3) is 0 Å². The molecule has 0 saturated carbocycles. The van der Waals surface area contributed by atoms with Crippen LogP contribution < -0.4 is 5.32 Å². The third-order valence-corrected chi connectivity index (χ3v) is 2.23. The van der Waals surface area contributed by atoms with Crippen molar-refractivity contribution in [2.24, 2.45) is 0 Å². The number of nitrogens with zero attached hydrogens (tertiary/aromatic N) is 1. The molecule has 0 aromatic rings. The number of hydrogen-bond donors (Lipinski definition) is 2. The van der Waals surface area contributed by atoms with E-state index in [2.05, 4.69) is 5.32 Å². The average molecular weight is 200 g/mol. The lowest BCUT2D eigenvalue weighted by molar-refractivity contribution is -0.125. The molecule has 0 radical (unpaired) electrons. The van der Waals surface area contributed by atoms with E-state index in [1.165, 1.54) is 4.90 Å². The molecule has 0 unspecified atom stereocenters. The minimum atomic E-state index is -1.01. The number of carboxylic acid groups (broad SMARTS) is 1. The molecule has 2 amide bonds. The van der Waals surface area contributed by atoms with Crippen molar-refractivity contribution in [3.05, 3.63) is 0 Å². The van der Waals surface area contributed by atoms with Gasteiger partial charge in [-0.3, -0.25) is 9.69 Å². The second kappa shape index (κ2) is 4.30. The number of hydrogen-bond acceptors (Lipinski definition) is 2. The number of carbonyl (C=O) groups excluding carboxylic acids is 1. The van der Waals surface area contributed by atoms with Gasteiger partial charge < -0.3 is 10.4 Å². The zero-order valence-corrected chi connectivity index (χ0v) is 8.49. The van der Waals surface area contributed by atoms with Crippen molar-refractivity contribution < 1.29 is 14.7 Å². The predicted octanol–water partition coefficient (Wildman–Crippen LogP) is 0.653. The molecule has 1 heterocycles. The van der Waals surface area contributed by atoms with Crippen LogP contribution in [0.15, 0.2) is 0 Å². The summed E-state index contributed by atoms with van der Waals surface area (Å²) in [4.78, 5) is 23.5. The van der Waals surface area contributed by atoms with E-state index in [4.69, 9.17) is 5.11 Å². The van der Waals surface area contributed by atoms with Crippen LogP contribution in [-0.2, 0) is 4.79 Å². The van der Waals surface area contributed by atoms with Gasteiger partial charge in [0.1, 0.15) is 6.04 Å². The summed E-state index contributed by atoms with van der Waals surface area (Å²) >= 11 is 0. The van der Waals surface area contributed by atoms with Crippen molar-refractivity contribution in [3.63, 3.8) is 0 Å². The Labute approximate surface area is 83.1 Å². The van der Waals surface area contributed by atoms with Gasteiger partial charge in [-0.1, -0.05) is 0 Å². The van der Waals surface area contributed by atoms with Gasteiger partial charge in [0.15, 0.2) is 0 Å². The average Bonchev–Trinajstić information content (AvgIpc) is 2.49. The van der Waals surface area contributed by atoms with Gasteiger partial charge >= 0.3 is 6.09 Å². The van der Waals surface area contributed by atoms with Crippen LogP contribution in [0.1, 0.15) is 26.7 Å². The maximum atomic E-state index is 11.6. The zero-order valence-electron chi connectivity index (χ0n) is 8.49. The summed E-state index contributed by atoms with van der Waals surface area (Å²) in [5.74, 6) is -0.181. The highest BCUT2D eigenvalue weighted by molar-refractivity contribution is 5.85. The van der Waals surface area contributed by atoms with Crippen LogP contribution in [-0.4, -0.2) is 40.6 Å². The SMILES string of the molecule is CC(C)NC(=O)[C@@H]1CCCN1C(=O)O. The number of rotatable bonds is 2. The quantitative estimate of drug-likeness (QED) is 0.687. The molecular formula is C9H16N2O3. The van der Waals surface area contributed by atoms with Gasteiger partial charge in [-0.25, -0.2) is 4.79 Å². The first-order valence-electron chi connectivity index (χ1n) is 4.82. The van der Waals surface area contributed by atoms with Crippen LogP contribution >= 0.6 is 0 Å². The van der Waals surface area contributed by atoms with E-state index in [1.54, 1.807) is 0 Å². The van der Waals surface area contributed by atoms with Gasteiger partial charge in [0.2, 0.25) is 5.91 Å². The highest BCUT2D eigenvalue weighted by Gasteiger charge is 2.33. The van der Waals surface area contributed by atoms with Crippen molar-refractivity contribution in [2.45, 2.75) is 38.8 Å². The van der Waals surface area contributed by atoms with E-state index in [9.17, 15) is 9.59 Å². The Kier molecular flexibility index (Phi) is 3.33. The van der Waals surface area contributed by atoms with Gasteiger partial charge in [-0.2, -0.15) is 0 Å². The number of amides is 2. The number of likely N-dealkylation sites (tertiary alicyclic amines) is 1. The molecule has 2 N–H and O–H groups in total. The first-order chi connectivity index (χ1) is 6.52. The summed E-state index contributed by atoms with van der Waals surface area (Å²) in [6.07, 6.45) is 0.388. The van der Waals surface area contributed by atoms with Gasteiger partial charge in [0, 0.05) is 12.6 Å². The first-order valence-corrected chi connectivity index (χ1v) is 4.82.